The molecule has 3 nitrogen and oxygen atoms in total. The summed E-state index contributed by atoms with van der Waals surface area (Å²) in [6, 6.07) is 5.01. The number of hydrogen-bond acceptors (Lipinski definition) is 2. The van der Waals surface area contributed by atoms with Crippen LogP contribution < -0.4 is 5.32 Å². The van der Waals surface area contributed by atoms with E-state index in [4.69, 9.17) is 11.6 Å². The number of phenolic OH excluding ortho intramolecular Hbond substituents is 1. The third-order valence-electron chi connectivity index (χ3n) is 1.77. The lowest BCUT2D eigenvalue weighted by atomic mass is 10.2. The number of aromatic hydroxyl groups is 1. The number of carbonyl (C=O) groups excluding carboxylic acids is 1. The second kappa shape index (κ2) is 5.41. The molecule has 0 atom stereocenters. The zero-order chi connectivity index (χ0) is 11.3. The van der Waals surface area contributed by atoms with Crippen LogP contribution in [0.25, 0.3) is 6.08 Å². The molecule has 0 saturated heterocycles. The number of hydrogen-bond donors (Lipinski definition) is 2. The first kappa shape index (κ1) is 11.6. The quantitative estimate of drug-likeness (QED) is 0.829. The van der Waals surface area contributed by atoms with Gasteiger partial charge in [-0.15, -0.1) is 0 Å². The summed E-state index contributed by atoms with van der Waals surface area (Å²) in [5.41, 5.74) is 0.724. The van der Waals surface area contributed by atoms with Crippen molar-refractivity contribution in [2.45, 2.75) is 6.92 Å². The second-order valence-electron chi connectivity index (χ2n) is 3.02. The van der Waals surface area contributed by atoms with Crippen molar-refractivity contribution in [1.82, 2.24) is 5.32 Å². The van der Waals surface area contributed by atoms with Gasteiger partial charge in [0.25, 0.3) is 0 Å². The zero-order valence-electron chi connectivity index (χ0n) is 8.33. The Bertz CT molecular complexity index is 388. The van der Waals surface area contributed by atoms with Gasteiger partial charge < -0.3 is 10.4 Å². The van der Waals surface area contributed by atoms with Gasteiger partial charge in [-0.3, -0.25) is 4.79 Å². The van der Waals surface area contributed by atoms with Crippen LogP contribution in [-0.2, 0) is 4.79 Å². The second-order valence-corrected chi connectivity index (χ2v) is 3.40. The van der Waals surface area contributed by atoms with Crippen molar-refractivity contribution in [2.24, 2.45) is 0 Å². The first-order valence-electron chi connectivity index (χ1n) is 4.49. The molecule has 1 aromatic carbocycles. The maximum absolute atomic E-state index is 10.6. The van der Waals surface area contributed by atoms with E-state index in [0.29, 0.717) is 11.6 Å². The zero-order valence-corrected chi connectivity index (χ0v) is 9.08. The first-order chi connectivity index (χ1) is 7.11. The molecule has 0 fully saturated rings. The van der Waals surface area contributed by atoms with E-state index in [1.807, 2.05) is 0 Å². The fourth-order valence-corrected chi connectivity index (χ4v) is 1.24. The molecule has 0 saturated carbocycles. The van der Waals surface area contributed by atoms with Crippen molar-refractivity contribution in [3.63, 3.8) is 0 Å². The molecule has 1 rings (SSSR count). The molecule has 1 amide bonds. The Morgan fingerprint density at radius 1 is 1.60 bits per heavy atom. The minimum atomic E-state index is -0.0818. The summed E-state index contributed by atoms with van der Waals surface area (Å²) >= 11 is 5.85. The summed E-state index contributed by atoms with van der Waals surface area (Å²) in [6.45, 7) is 1.90. The van der Waals surface area contributed by atoms with Gasteiger partial charge in [-0.1, -0.05) is 35.9 Å². The van der Waals surface area contributed by atoms with E-state index < -0.39 is 0 Å². The van der Waals surface area contributed by atoms with Gasteiger partial charge in [-0.25, -0.2) is 0 Å². The highest BCUT2D eigenvalue weighted by Crippen LogP contribution is 2.27. The Kier molecular flexibility index (Phi) is 4.18. The number of amides is 1. The van der Waals surface area contributed by atoms with E-state index in [1.54, 1.807) is 24.3 Å². The average molecular weight is 226 g/mol. The predicted octanol–water partition coefficient (Wildman–Crippen LogP) is 2.19. The monoisotopic (exact) mass is 225 g/mol. The van der Waals surface area contributed by atoms with Gasteiger partial charge >= 0.3 is 0 Å². The Morgan fingerprint density at radius 3 is 3.00 bits per heavy atom. The normalized spacial score (nSPS) is 10.5. The third kappa shape index (κ3) is 3.64. The van der Waals surface area contributed by atoms with Crippen LogP contribution in [-0.4, -0.2) is 17.6 Å². The molecule has 15 heavy (non-hydrogen) atoms. The molecule has 0 aromatic heterocycles. The van der Waals surface area contributed by atoms with Crippen LogP contribution in [0.15, 0.2) is 24.3 Å². The van der Waals surface area contributed by atoms with Crippen LogP contribution in [0, 0.1) is 0 Å². The van der Waals surface area contributed by atoms with Gasteiger partial charge in [0.1, 0.15) is 5.75 Å². The lowest BCUT2D eigenvalue weighted by Crippen LogP contribution is -2.19. The van der Waals surface area contributed by atoms with Crippen LogP contribution in [0.2, 0.25) is 5.02 Å². The van der Waals surface area contributed by atoms with Gasteiger partial charge in [0, 0.05) is 13.5 Å². The molecule has 0 heterocycles. The van der Waals surface area contributed by atoms with Crippen LogP contribution >= 0.6 is 11.6 Å². The SMILES string of the molecule is CC(=O)NCC=Cc1cccc(O)c1Cl. The molecule has 0 radical (unpaired) electrons. The van der Waals surface area contributed by atoms with E-state index in [9.17, 15) is 9.90 Å². The summed E-state index contributed by atoms with van der Waals surface area (Å²) in [7, 11) is 0. The van der Waals surface area contributed by atoms with Crippen molar-refractivity contribution in [1.29, 1.82) is 0 Å². The molecule has 0 aliphatic carbocycles. The summed E-state index contributed by atoms with van der Waals surface area (Å²) in [5.74, 6) is -0.0278. The summed E-state index contributed by atoms with van der Waals surface area (Å²) < 4.78 is 0. The Balaban J connectivity index is 2.64. The molecule has 1 aromatic rings. The minimum Gasteiger partial charge on any atom is -0.506 e. The maximum atomic E-state index is 10.6. The molecule has 2 N–H and O–H groups in total. The molecule has 0 spiro atoms. The number of nitrogens with one attached hydrogen (secondary N) is 1. The molecule has 4 heteroatoms. The highest BCUT2D eigenvalue weighted by molar-refractivity contribution is 6.33. The fourth-order valence-electron chi connectivity index (χ4n) is 1.05. The molecular formula is C11H12ClNO2. The lowest BCUT2D eigenvalue weighted by molar-refractivity contribution is -0.118. The number of phenols is 1. The van der Waals surface area contributed by atoms with Crippen molar-refractivity contribution in [3.05, 3.63) is 34.9 Å². The van der Waals surface area contributed by atoms with E-state index >= 15 is 0 Å². The Labute approximate surface area is 93.4 Å². The summed E-state index contributed by atoms with van der Waals surface area (Å²) in [5, 5.41) is 12.2. The standard InChI is InChI=1S/C11H12ClNO2/c1-8(14)13-7-3-5-9-4-2-6-10(15)11(9)12/h2-6,15H,7H2,1H3,(H,13,14). The number of rotatable bonds is 3. The van der Waals surface area contributed by atoms with Crippen molar-refractivity contribution >= 4 is 23.6 Å². The van der Waals surface area contributed by atoms with Gasteiger partial charge in [-0.05, 0) is 11.6 Å². The molecule has 0 aliphatic heterocycles. The topological polar surface area (TPSA) is 49.3 Å². The smallest absolute Gasteiger partial charge is 0.217 e. The van der Waals surface area contributed by atoms with Crippen molar-refractivity contribution < 1.29 is 9.90 Å². The number of halogens is 1. The van der Waals surface area contributed by atoms with Gasteiger partial charge in [0.2, 0.25) is 5.91 Å². The van der Waals surface area contributed by atoms with Crippen LogP contribution in [0.5, 0.6) is 5.75 Å². The third-order valence-corrected chi connectivity index (χ3v) is 2.19. The Hall–Kier alpha value is -1.48. The van der Waals surface area contributed by atoms with E-state index in [1.165, 1.54) is 13.0 Å². The van der Waals surface area contributed by atoms with E-state index in [2.05, 4.69) is 5.32 Å². The highest BCUT2D eigenvalue weighted by Gasteiger charge is 2.00. The van der Waals surface area contributed by atoms with Crippen molar-refractivity contribution in [3.8, 4) is 5.75 Å². The fraction of sp³-hybridized carbons (Fsp3) is 0.182. The minimum absolute atomic E-state index is 0.0540. The molecule has 0 bridgehead atoms. The molecule has 0 unspecified atom stereocenters. The van der Waals surface area contributed by atoms with Crippen LogP contribution in [0.1, 0.15) is 12.5 Å². The van der Waals surface area contributed by atoms with Gasteiger partial charge in [0.05, 0.1) is 5.02 Å². The maximum Gasteiger partial charge on any atom is 0.217 e. The summed E-state index contributed by atoms with van der Waals surface area (Å²) in [4.78, 5) is 10.6. The average Bonchev–Trinajstić information content (AvgIpc) is 2.18. The van der Waals surface area contributed by atoms with Gasteiger partial charge in [-0.2, -0.15) is 0 Å². The molecule has 0 aliphatic rings. The summed E-state index contributed by atoms with van der Waals surface area (Å²) in [6.07, 6.45) is 3.51. The predicted molar refractivity (Wildman–Crippen MR) is 60.8 cm³/mol. The number of carbonyl (C=O) groups is 1. The van der Waals surface area contributed by atoms with E-state index in [0.717, 1.165) is 5.56 Å². The Morgan fingerprint density at radius 2 is 2.33 bits per heavy atom. The molecular weight excluding hydrogens is 214 g/mol. The van der Waals surface area contributed by atoms with Crippen LogP contribution in [0.4, 0.5) is 0 Å². The van der Waals surface area contributed by atoms with Crippen LogP contribution in [0.3, 0.4) is 0 Å². The number of benzene rings is 1. The van der Waals surface area contributed by atoms with Gasteiger partial charge in [0.15, 0.2) is 0 Å². The van der Waals surface area contributed by atoms with E-state index in [-0.39, 0.29) is 11.7 Å². The lowest BCUT2D eigenvalue weighted by Gasteiger charge is -2.00. The first-order valence-corrected chi connectivity index (χ1v) is 4.87. The highest BCUT2D eigenvalue weighted by atomic mass is 35.5. The van der Waals surface area contributed by atoms with Crippen molar-refractivity contribution in [2.75, 3.05) is 6.54 Å². The largest absolute Gasteiger partial charge is 0.506 e. The molecule has 80 valence electrons.